The van der Waals surface area contributed by atoms with E-state index in [4.69, 9.17) is 9.47 Å². The van der Waals surface area contributed by atoms with E-state index in [0.717, 1.165) is 24.4 Å². The molecule has 0 radical (unpaired) electrons. The Morgan fingerprint density at radius 2 is 2.17 bits per heavy atom. The number of halogens is 1. The molecule has 2 fully saturated rings. The van der Waals surface area contributed by atoms with Gasteiger partial charge in [0.15, 0.2) is 5.96 Å². The maximum absolute atomic E-state index is 13.0. The average molecular weight is 321 g/mol. The van der Waals surface area contributed by atoms with Crippen LogP contribution in [0.4, 0.5) is 4.39 Å². The molecule has 4 atom stereocenters. The van der Waals surface area contributed by atoms with Crippen LogP contribution in [0.3, 0.4) is 0 Å². The third-order valence-electron chi connectivity index (χ3n) is 4.63. The van der Waals surface area contributed by atoms with Gasteiger partial charge in [0.1, 0.15) is 5.82 Å². The summed E-state index contributed by atoms with van der Waals surface area (Å²) in [6, 6.07) is 6.70. The molecule has 3 rings (SSSR count). The normalized spacial score (nSPS) is 28.0. The number of hydrogen-bond donors (Lipinski definition) is 2. The zero-order chi connectivity index (χ0) is 16.2. The molecule has 1 aromatic rings. The fourth-order valence-corrected chi connectivity index (χ4v) is 3.36. The molecule has 0 saturated carbocycles. The topological polar surface area (TPSA) is 54.9 Å². The van der Waals surface area contributed by atoms with Crippen LogP contribution in [-0.2, 0) is 9.47 Å². The standard InChI is InChI=1S/C17H24FN3O2/c1-19-17(21-14-9-13-7-8-15(14)23-13)20-10-16(22-2)11-3-5-12(18)6-4-11/h3-6,13-16H,7-10H2,1-2H3,(H2,19,20,21). The zero-order valence-corrected chi connectivity index (χ0v) is 13.6. The Morgan fingerprint density at radius 3 is 2.74 bits per heavy atom. The van der Waals surface area contributed by atoms with Crippen molar-refractivity contribution in [2.45, 2.75) is 43.6 Å². The van der Waals surface area contributed by atoms with Crippen molar-refractivity contribution in [1.29, 1.82) is 0 Å². The number of hydrogen-bond acceptors (Lipinski definition) is 3. The molecule has 0 spiro atoms. The summed E-state index contributed by atoms with van der Waals surface area (Å²) in [7, 11) is 3.40. The van der Waals surface area contributed by atoms with Gasteiger partial charge in [-0.2, -0.15) is 0 Å². The number of aliphatic imine (C=N–C) groups is 1. The monoisotopic (exact) mass is 321 g/mol. The van der Waals surface area contributed by atoms with Crippen LogP contribution in [0.2, 0.25) is 0 Å². The quantitative estimate of drug-likeness (QED) is 0.643. The summed E-state index contributed by atoms with van der Waals surface area (Å²) in [6.07, 6.45) is 3.87. The number of nitrogens with zero attached hydrogens (tertiary/aromatic N) is 1. The number of nitrogens with one attached hydrogen (secondary N) is 2. The first-order valence-corrected chi connectivity index (χ1v) is 8.10. The van der Waals surface area contributed by atoms with Gasteiger partial charge in [-0.3, -0.25) is 4.99 Å². The van der Waals surface area contributed by atoms with Crippen LogP contribution < -0.4 is 10.6 Å². The maximum atomic E-state index is 13.0. The van der Waals surface area contributed by atoms with Crippen molar-refractivity contribution in [2.75, 3.05) is 20.7 Å². The Morgan fingerprint density at radius 1 is 1.39 bits per heavy atom. The predicted octanol–water partition coefficient (Wildman–Crippen LogP) is 2.00. The first kappa shape index (κ1) is 16.2. The van der Waals surface area contributed by atoms with Crippen molar-refractivity contribution in [3.63, 3.8) is 0 Å². The highest BCUT2D eigenvalue weighted by atomic mass is 19.1. The summed E-state index contributed by atoms with van der Waals surface area (Å²) in [5.74, 6) is 0.501. The summed E-state index contributed by atoms with van der Waals surface area (Å²) in [6.45, 7) is 0.559. The van der Waals surface area contributed by atoms with E-state index in [9.17, 15) is 4.39 Å². The predicted molar refractivity (Wildman–Crippen MR) is 86.9 cm³/mol. The van der Waals surface area contributed by atoms with Crippen molar-refractivity contribution in [3.05, 3.63) is 35.6 Å². The van der Waals surface area contributed by atoms with Gasteiger partial charge in [0.05, 0.1) is 24.4 Å². The number of rotatable bonds is 5. The second kappa shape index (κ2) is 7.27. The molecule has 2 heterocycles. The Bertz CT molecular complexity index is 549. The van der Waals surface area contributed by atoms with Gasteiger partial charge in [-0.25, -0.2) is 4.39 Å². The maximum Gasteiger partial charge on any atom is 0.191 e. The summed E-state index contributed by atoms with van der Waals surface area (Å²) < 4.78 is 24.4. The van der Waals surface area contributed by atoms with Gasteiger partial charge in [0.2, 0.25) is 0 Å². The summed E-state index contributed by atoms with van der Waals surface area (Å²) in [4.78, 5) is 4.27. The van der Waals surface area contributed by atoms with Crippen molar-refractivity contribution >= 4 is 5.96 Å². The lowest BCUT2D eigenvalue weighted by atomic mass is 9.96. The van der Waals surface area contributed by atoms with Gasteiger partial charge in [0.25, 0.3) is 0 Å². The summed E-state index contributed by atoms with van der Waals surface area (Å²) >= 11 is 0. The third-order valence-corrected chi connectivity index (χ3v) is 4.63. The minimum atomic E-state index is -0.245. The molecule has 2 aliphatic heterocycles. The summed E-state index contributed by atoms with van der Waals surface area (Å²) in [5.41, 5.74) is 0.931. The lowest BCUT2D eigenvalue weighted by molar-refractivity contribution is 0.0987. The molecule has 4 unspecified atom stereocenters. The molecule has 0 aliphatic carbocycles. The lowest BCUT2D eigenvalue weighted by Crippen LogP contribution is -2.48. The van der Waals surface area contributed by atoms with Crippen LogP contribution in [0.1, 0.15) is 30.9 Å². The highest BCUT2D eigenvalue weighted by Gasteiger charge is 2.41. The molecule has 0 amide bonds. The van der Waals surface area contributed by atoms with Gasteiger partial charge in [-0.05, 0) is 37.0 Å². The van der Waals surface area contributed by atoms with Crippen LogP contribution in [0, 0.1) is 5.82 Å². The molecule has 23 heavy (non-hydrogen) atoms. The van der Waals surface area contributed by atoms with Gasteiger partial charge in [-0.1, -0.05) is 12.1 Å². The smallest absolute Gasteiger partial charge is 0.191 e. The number of fused-ring (bicyclic) bond motifs is 2. The number of guanidine groups is 1. The largest absolute Gasteiger partial charge is 0.375 e. The van der Waals surface area contributed by atoms with E-state index in [1.807, 2.05) is 0 Å². The molecule has 0 aromatic heterocycles. The first-order valence-electron chi connectivity index (χ1n) is 8.10. The molecular formula is C17H24FN3O2. The average Bonchev–Trinajstić information content (AvgIpc) is 3.18. The van der Waals surface area contributed by atoms with E-state index >= 15 is 0 Å². The minimum Gasteiger partial charge on any atom is -0.375 e. The molecule has 2 N–H and O–H groups in total. The van der Waals surface area contributed by atoms with Crippen molar-refractivity contribution in [2.24, 2.45) is 4.99 Å². The van der Waals surface area contributed by atoms with E-state index in [0.29, 0.717) is 24.8 Å². The Balaban J connectivity index is 1.53. The SMILES string of the molecule is CN=C(NCC(OC)c1ccc(F)cc1)NC1CC2CCC1O2. The van der Waals surface area contributed by atoms with Crippen LogP contribution in [0.5, 0.6) is 0 Å². The molecule has 5 nitrogen and oxygen atoms in total. The zero-order valence-electron chi connectivity index (χ0n) is 13.6. The van der Waals surface area contributed by atoms with E-state index < -0.39 is 0 Å². The number of benzene rings is 1. The highest BCUT2D eigenvalue weighted by Crippen LogP contribution is 2.34. The van der Waals surface area contributed by atoms with Crippen LogP contribution >= 0.6 is 0 Å². The fraction of sp³-hybridized carbons (Fsp3) is 0.588. The third kappa shape index (κ3) is 3.82. The Kier molecular flexibility index (Phi) is 5.13. The molecule has 6 heteroatoms. The van der Waals surface area contributed by atoms with Crippen molar-refractivity contribution < 1.29 is 13.9 Å². The van der Waals surface area contributed by atoms with Gasteiger partial charge in [-0.15, -0.1) is 0 Å². The van der Waals surface area contributed by atoms with E-state index in [2.05, 4.69) is 15.6 Å². The minimum absolute atomic E-state index is 0.162. The summed E-state index contributed by atoms with van der Waals surface area (Å²) in [5, 5.41) is 6.72. The molecule has 126 valence electrons. The van der Waals surface area contributed by atoms with Gasteiger partial charge in [0, 0.05) is 20.7 Å². The molecular weight excluding hydrogens is 297 g/mol. The first-order chi connectivity index (χ1) is 11.2. The second-order valence-corrected chi connectivity index (χ2v) is 6.09. The van der Waals surface area contributed by atoms with Gasteiger partial charge < -0.3 is 20.1 Å². The van der Waals surface area contributed by atoms with Crippen molar-refractivity contribution in [1.82, 2.24) is 10.6 Å². The van der Waals surface area contributed by atoms with Crippen LogP contribution in [0.25, 0.3) is 0 Å². The van der Waals surface area contributed by atoms with Crippen LogP contribution in [0.15, 0.2) is 29.3 Å². The Labute approximate surface area is 136 Å². The molecule has 1 aromatic carbocycles. The molecule has 2 bridgehead atoms. The number of ether oxygens (including phenoxy) is 2. The number of methoxy groups -OCH3 is 1. The lowest BCUT2D eigenvalue weighted by Gasteiger charge is -2.24. The molecule has 2 saturated heterocycles. The van der Waals surface area contributed by atoms with Crippen LogP contribution in [-0.4, -0.2) is 44.9 Å². The van der Waals surface area contributed by atoms with Crippen molar-refractivity contribution in [3.8, 4) is 0 Å². The Hall–Kier alpha value is -1.66. The fourth-order valence-electron chi connectivity index (χ4n) is 3.36. The van der Waals surface area contributed by atoms with Gasteiger partial charge >= 0.3 is 0 Å². The van der Waals surface area contributed by atoms with E-state index in [1.165, 1.54) is 18.6 Å². The highest BCUT2D eigenvalue weighted by molar-refractivity contribution is 5.80. The molecule has 2 aliphatic rings. The second-order valence-electron chi connectivity index (χ2n) is 6.09. The van der Waals surface area contributed by atoms with E-state index in [1.54, 1.807) is 26.3 Å². The van der Waals surface area contributed by atoms with E-state index in [-0.39, 0.29) is 11.9 Å².